The summed E-state index contributed by atoms with van der Waals surface area (Å²) in [5.74, 6) is -0.333. The van der Waals surface area contributed by atoms with Gasteiger partial charge in [-0.2, -0.15) is 9.98 Å². The maximum absolute atomic E-state index is 12.7. The fourth-order valence-electron chi connectivity index (χ4n) is 3.67. The lowest BCUT2D eigenvalue weighted by Gasteiger charge is -2.40. The maximum Gasteiger partial charge on any atom is 0.337 e. The molecule has 1 N–H and O–H groups in total. The summed E-state index contributed by atoms with van der Waals surface area (Å²) in [6, 6.07) is 8.53. The number of ether oxygens (including phenoxy) is 1. The van der Waals surface area contributed by atoms with Gasteiger partial charge in [0.2, 0.25) is 10.0 Å². The quantitative estimate of drug-likeness (QED) is 0.775. The van der Waals surface area contributed by atoms with Crippen molar-refractivity contribution in [2.24, 2.45) is 11.3 Å². The van der Waals surface area contributed by atoms with Gasteiger partial charge in [0, 0.05) is 0 Å². The lowest BCUT2D eigenvalue weighted by atomic mass is 9.68. The Hall–Kier alpha value is -1.91. The normalized spacial score (nSPS) is 23.4. The van der Waals surface area contributed by atoms with Crippen molar-refractivity contribution < 1.29 is 17.9 Å². The molecular weight excluding hydrogens is 364 g/mol. The van der Waals surface area contributed by atoms with Crippen molar-refractivity contribution in [2.75, 3.05) is 7.11 Å². The zero-order chi connectivity index (χ0) is 20.3. The second-order valence-electron chi connectivity index (χ2n) is 8.39. The average molecular weight is 393 g/mol. The van der Waals surface area contributed by atoms with Crippen LogP contribution in [-0.4, -0.2) is 27.0 Å². The number of esters is 1. The lowest BCUT2D eigenvalue weighted by molar-refractivity contribution is 0.0600. The summed E-state index contributed by atoms with van der Waals surface area (Å²) in [4.78, 5) is 11.6. The number of methoxy groups -OCH3 is 1. The van der Waals surface area contributed by atoms with E-state index in [1.54, 1.807) is 18.2 Å². The Labute approximate surface area is 162 Å². The van der Waals surface area contributed by atoms with E-state index in [1.165, 1.54) is 13.2 Å². The van der Waals surface area contributed by atoms with Crippen molar-refractivity contribution in [3.8, 4) is 6.07 Å². The Morgan fingerprint density at radius 3 is 2.48 bits per heavy atom. The van der Waals surface area contributed by atoms with Gasteiger partial charge in [-0.15, -0.1) is 0 Å². The van der Waals surface area contributed by atoms with Crippen LogP contribution >= 0.6 is 0 Å². The molecule has 1 aliphatic carbocycles. The third kappa shape index (κ3) is 5.53. The highest BCUT2D eigenvalue weighted by Crippen LogP contribution is 2.41. The second-order valence-corrected chi connectivity index (χ2v) is 10.1. The Bertz CT molecular complexity index is 826. The minimum Gasteiger partial charge on any atom is -0.465 e. The number of carbonyl (C=O) groups excluding carboxylic acids is 1. The Morgan fingerprint density at radius 2 is 1.96 bits per heavy atom. The van der Waals surface area contributed by atoms with Crippen molar-refractivity contribution in [1.82, 2.24) is 4.72 Å². The van der Waals surface area contributed by atoms with Crippen LogP contribution in [0, 0.1) is 22.7 Å². The third-order valence-electron chi connectivity index (χ3n) is 5.33. The predicted octanol–water partition coefficient (Wildman–Crippen LogP) is 3.39. The van der Waals surface area contributed by atoms with E-state index in [-0.39, 0.29) is 11.2 Å². The van der Waals surface area contributed by atoms with E-state index in [0.29, 0.717) is 29.9 Å². The zero-order valence-corrected chi connectivity index (χ0v) is 17.2. The lowest BCUT2D eigenvalue weighted by Crippen LogP contribution is -2.50. The number of hydrogen-bond acceptors (Lipinski definition) is 5. The molecule has 0 spiro atoms. The van der Waals surface area contributed by atoms with Crippen molar-refractivity contribution in [2.45, 2.75) is 57.7 Å². The molecule has 0 heterocycles. The number of sulfonamides is 1. The number of nitriles is 1. The van der Waals surface area contributed by atoms with Gasteiger partial charge in [-0.3, -0.25) is 0 Å². The van der Waals surface area contributed by atoms with E-state index in [1.807, 2.05) is 0 Å². The number of nitrogens with zero attached hydrogens (tertiary/aromatic N) is 1. The molecule has 1 aromatic carbocycles. The number of carbonyl (C=O) groups is 1. The van der Waals surface area contributed by atoms with Gasteiger partial charge >= 0.3 is 5.97 Å². The van der Waals surface area contributed by atoms with Gasteiger partial charge in [-0.05, 0) is 54.7 Å². The molecule has 1 fully saturated rings. The van der Waals surface area contributed by atoms with Crippen LogP contribution in [0.15, 0.2) is 24.3 Å². The molecular formula is C20H28N2O4S. The van der Waals surface area contributed by atoms with Crippen LogP contribution in [0.1, 0.15) is 62.4 Å². The summed E-state index contributed by atoms with van der Waals surface area (Å²) in [6.07, 6.45) is 2.65. The summed E-state index contributed by atoms with van der Waals surface area (Å²) in [5, 5.41) is 9.67. The predicted molar refractivity (Wildman–Crippen MR) is 103 cm³/mol. The van der Waals surface area contributed by atoms with Crippen LogP contribution in [0.4, 0.5) is 0 Å². The highest BCUT2D eigenvalue weighted by molar-refractivity contribution is 7.88. The topological polar surface area (TPSA) is 96.3 Å². The molecule has 0 unspecified atom stereocenters. The molecule has 0 aromatic heterocycles. The van der Waals surface area contributed by atoms with Crippen molar-refractivity contribution >= 4 is 16.0 Å². The van der Waals surface area contributed by atoms with Gasteiger partial charge < -0.3 is 4.74 Å². The smallest absolute Gasteiger partial charge is 0.337 e. The van der Waals surface area contributed by atoms with Gasteiger partial charge in [0.15, 0.2) is 0 Å². The van der Waals surface area contributed by atoms with Gasteiger partial charge in [-0.25, -0.2) is 13.2 Å². The van der Waals surface area contributed by atoms with Crippen LogP contribution < -0.4 is 4.72 Å². The number of benzene rings is 1. The molecule has 2 rings (SSSR count). The highest BCUT2D eigenvalue weighted by Gasteiger charge is 2.41. The molecule has 148 valence electrons. The molecule has 0 bridgehead atoms. The molecule has 0 saturated heterocycles. The van der Waals surface area contributed by atoms with E-state index >= 15 is 0 Å². The van der Waals surface area contributed by atoms with Crippen molar-refractivity contribution in [3.63, 3.8) is 0 Å². The SMILES string of the molecule is COC(=O)c1cccc(CS(=O)(=O)NC2(C#N)CCC(C(C)(C)C)CC2)c1. The van der Waals surface area contributed by atoms with Crippen LogP contribution in [0.25, 0.3) is 0 Å². The first-order valence-electron chi connectivity index (χ1n) is 9.10. The van der Waals surface area contributed by atoms with Crippen molar-refractivity contribution in [1.29, 1.82) is 5.26 Å². The zero-order valence-electron chi connectivity index (χ0n) is 16.4. The Kier molecular flexibility index (Phi) is 6.33. The van der Waals surface area contributed by atoms with Crippen LogP contribution in [0.5, 0.6) is 0 Å². The molecule has 6 nitrogen and oxygen atoms in total. The molecule has 0 atom stereocenters. The molecule has 1 aliphatic rings. The van der Waals surface area contributed by atoms with Crippen molar-refractivity contribution in [3.05, 3.63) is 35.4 Å². The Balaban J connectivity index is 2.11. The molecule has 0 aliphatic heterocycles. The van der Waals surface area contributed by atoms with Crippen LogP contribution in [0.3, 0.4) is 0 Å². The highest BCUT2D eigenvalue weighted by atomic mass is 32.2. The number of hydrogen-bond donors (Lipinski definition) is 1. The molecule has 1 saturated carbocycles. The minimum atomic E-state index is -3.73. The Morgan fingerprint density at radius 1 is 1.33 bits per heavy atom. The number of nitrogens with one attached hydrogen (secondary N) is 1. The fourth-order valence-corrected chi connectivity index (χ4v) is 5.21. The van der Waals surface area contributed by atoms with Gasteiger partial charge in [0.25, 0.3) is 0 Å². The summed E-state index contributed by atoms with van der Waals surface area (Å²) in [7, 11) is -2.46. The van der Waals surface area contributed by atoms with E-state index in [4.69, 9.17) is 0 Å². The third-order valence-corrected chi connectivity index (χ3v) is 6.75. The standard InChI is InChI=1S/C20H28N2O4S/c1-19(2,3)17-8-10-20(14-21,11-9-17)22-27(24,25)13-15-6-5-7-16(12-15)18(23)26-4/h5-7,12,17,22H,8-11,13H2,1-4H3. The first-order valence-corrected chi connectivity index (χ1v) is 10.8. The average Bonchev–Trinajstić information content (AvgIpc) is 2.60. The minimum absolute atomic E-state index is 0.148. The van der Waals surface area contributed by atoms with Crippen LogP contribution in [-0.2, 0) is 20.5 Å². The van der Waals surface area contributed by atoms with E-state index in [0.717, 1.165) is 12.8 Å². The maximum atomic E-state index is 12.7. The molecule has 1 aromatic rings. The number of rotatable bonds is 5. The van der Waals surface area contributed by atoms with Gasteiger partial charge in [-0.1, -0.05) is 32.9 Å². The summed E-state index contributed by atoms with van der Waals surface area (Å²) in [6.45, 7) is 6.53. The summed E-state index contributed by atoms with van der Waals surface area (Å²) >= 11 is 0. The molecule has 0 radical (unpaired) electrons. The fraction of sp³-hybridized carbons (Fsp3) is 0.600. The van der Waals surface area contributed by atoms with E-state index < -0.39 is 21.5 Å². The van der Waals surface area contributed by atoms with E-state index in [9.17, 15) is 18.5 Å². The summed E-state index contributed by atoms with van der Waals surface area (Å²) in [5.41, 5.74) is -0.136. The van der Waals surface area contributed by atoms with Gasteiger partial charge in [0.05, 0.1) is 24.5 Å². The van der Waals surface area contributed by atoms with E-state index in [2.05, 4.69) is 36.3 Å². The monoisotopic (exact) mass is 392 g/mol. The molecule has 27 heavy (non-hydrogen) atoms. The van der Waals surface area contributed by atoms with Gasteiger partial charge in [0.1, 0.15) is 5.54 Å². The summed E-state index contributed by atoms with van der Waals surface area (Å²) < 4.78 is 32.7. The molecule has 0 amide bonds. The molecule has 7 heteroatoms. The largest absolute Gasteiger partial charge is 0.465 e. The second kappa shape index (κ2) is 7.99. The first kappa shape index (κ1) is 21.4. The first-order chi connectivity index (χ1) is 12.5. The van der Waals surface area contributed by atoms with Crippen LogP contribution in [0.2, 0.25) is 0 Å².